The molecule has 162 valence electrons. The van der Waals surface area contributed by atoms with Gasteiger partial charge in [0.25, 0.3) is 0 Å². The van der Waals surface area contributed by atoms with Crippen molar-refractivity contribution in [3.05, 3.63) is 83.9 Å². The number of hydrogen-bond acceptors (Lipinski definition) is 3. The molecule has 3 nitrogen and oxygen atoms in total. The highest BCUT2D eigenvalue weighted by Gasteiger charge is 2.43. The number of benzene rings is 3. The number of hydrogen-bond donors (Lipinski definition) is 1. The van der Waals surface area contributed by atoms with Gasteiger partial charge in [-0.05, 0) is 60.0 Å². The zero-order chi connectivity index (χ0) is 22.8. The van der Waals surface area contributed by atoms with E-state index in [0.717, 1.165) is 23.3 Å². The second kappa shape index (κ2) is 8.71. The summed E-state index contributed by atoms with van der Waals surface area (Å²) >= 11 is 0. The lowest BCUT2D eigenvalue weighted by atomic mass is 9.99. The molecular formula is C24H21F4NO2. The van der Waals surface area contributed by atoms with E-state index in [-0.39, 0.29) is 22.8 Å². The summed E-state index contributed by atoms with van der Waals surface area (Å²) in [5.74, 6) is -1.49. The third kappa shape index (κ3) is 4.66. The molecular weight excluding hydrogens is 410 g/mol. The average Bonchev–Trinajstić information content (AvgIpc) is 3.02. The van der Waals surface area contributed by atoms with Crippen molar-refractivity contribution in [1.82, 2.24) is 0 Å². The first kappa shape index (κ1) is 22.2. The summed E-state index contributed by atoms with van der Waals surface area (Å²) in [6.07, 6.45) is -3.68. The number of fused-ring (bicyclic) bond motifs is 1. The van der Waals surface area contributed by atoms with Crippen LogP contribution in [0.4, 0.5) is 23.2 Å². The summed E-state index contributed by atoms with van der Waals surface area (Å²) in [6.45, 7) is 9.47. The van der Waals surface area contributed by atoms with E-state index in [0.29, 0.717) is 11.3 Å². The highest BCUT2D eigenvalue weighted by Crippen LogP contribution is 2.44. The Bertz CT molecular complexity index is 1090. The molecule has 0 saturated carbocycles. The largest absolute Gasteiger partial charge is 0.586 e. The molecule has 0 bridgehead atoms. The van der Waals surface area contributed by atoms with Gasteiger partial charge in [-0.1, -0.05) is 38.6 Å². The van der Waals surface area contributed by atoms with Crippen LogP contribution in [0, 0.1) is 18.6 Å². The minimum absolute atomic E-state index is 0.0160. The van der Waals surface area contributed by atoms with Crippen molar-refractivity contribution in [2.75, 3.05) is 5.32 Å². The maximum absolute atomic E-state index is 13.9. The van der Waals surface area contributed by atoms with Crippen molar-refractivity contribution in [3.63, 3.8) is 0 Å². The molecule has 31 heavy (non-hydrogen) atoms. The fraction of sp³-hybridized carbons (Fsp3) is 0.167. The number of ether oxygens (including phenoxy) is 2. The van der Waals surface area contributed by atoms with Crippen molar-refractivity contribution in [1.29, 1.82) is 0 Å². The van der Waals surface area contributed by atoms with Crippen LogP contribution < -0.4 is 14.8 Å². The molecule has 0 unspecified atom stereocenters. The molecule has 1 aliphatic heterocycles. The molecule has 1 heterocycles. The second-order valence-corrected chi connectivity index (χ2v) is 6.56. The number of anilines is 1. The van der Waals surface area contributed by atoms with E-state index in [2.05, 4.69) is 21.4 Å². The minimum Gasteiger partial charge on any atom is -0.395 e. The number of alkyl halides is 2. The molecule has 7 heteroatoms. The number of aryl methyl sites for hydroxylation is 1. The third-order valence-electron chi connectivity index (χ3n) is 4.50. The molecule has 0 saturated heterocycles. The molecule has 0 amide bonds. The summed E-state index contributed by atoms with van der Waals surface area (Å²) in [5.41, 5.74) is 2.57. The van der Waals surface area contributed by atoms with Gasteiger partial charge < -0.3 is 14.8 Å². The molecule has 3 aromatic rings. The smallest absolute Gasteiger partial charge is 0.395 e. The number of halogens is 4. The van der Waals surface area contributed by atoms with Crippen molar-refractivity contribution in [2.45, 2.75) is 27.1 Å². The summed E-state index contributed by atoms with van der Waals surface area (Å²) in [6, 6.07) is 13.4. The Morgan fingerprint density at radius 1 is 0.903 bits per heavy atom. The van der Waals surface area contributed by atoms with Gasteiger partial charge in [0, 0.05) is 11.4 Å². The van der Waals surface area contributed by atoms with E-state index in [1.807, 2.05) is 13.8 Å². The van der Waals surface area contributed by atoms with Gasteiger partial charge in [0.2, 0.25) is 0 Å². The first-order valence-corrected chi connectivity index (χ1v) is 9.65. The quantitative estimate of drug-likeness (QED) is 0.438. The Kier molecular flexibility index (Phi) is 6.24. The molecule has 0 fully saturated rings. The Morgan fingerprint density at radius 2 is 1.45 bits per heavy atom. The zero-order valence-corrected chi connectivity index (χ0v) is 17.2. The predicted octanol–water partition coefficient (Wildman–Crippen LogP) is 7.37. The summed E-state index contributed by atoms with van der Waals surface area (Å²) in [4.78, 5) is 0. The number of nitrogens with one attached hydrogen (secondary N) is 1. The SMILES string of the molecule is C=C(Nc1ccc(-c2cc3c(cc2C)OC(F)(F)O3)cc1)c1c(F)cccc1F.CC. The van der Waals surface area contributed by atoms with Crippen molar-refractivity contribution in [2.24, 2.45) is 0 Å². The summed E-state index contributed by atoms with van der Waals surface area (Å²) in [7, 11) is 0. The molecule has 0 radical (unpaired) electrons. The normalized spacial score (nSPS) is 13.3. The molecule has 0 atom stereocenters. The van der Waals surface area contributed by atoms with Crippen LogP contribution in [-0.2, 0) is 0 Å². The Hall–Kier alpha value is -3.48. The van der Waals surface area contributed by atoms with E-state index in [4.69, 9.17) is 0 Å². The zero-order valence-electron chi connectivity index (χ0n) is 17.2. The Labute approximate surface area is 177 Å². The molecule has 4 rings (SSSR count). The van der Waals surface area contributed by atoms with Crippen LogP contribution in [0.15, 0.2) is 61.2 Å². The lowest BCUT2D eigenvalue weighted by molar-refractivity contribution is -0.286. The van der Waals surface area contributed by atoms with E-state index in [9.17, 15) is 17.6 Å². The van der Waals surface area contributed by atoms with Crippen molar-refractivity contribution in [3.8, 4) is 22.6 Å². The van der Waals surface area contributed by atoms with Crippen LogP contribution in [0.1, 0.15) is 25.0 Å². The lowest BCUT2D eigenvalue weighted by Gasteiger charge is -2.13. The highest BCUT2D eigenvalue weighted by atomic mass is 19.3. The van der Waals surface area contributed by atoms with E-state index in [1.165, 1.54) is 18.2 Å². The van der Waals surface area contributed by atoms with Crippen molar-refractivity contribution >= 4 is 11.4 Å². The predicted molar refractivity (Wildman–Crippen MR) is 113 cm³/mol. The van der Waals surface area contributed by atoms with E-state index >= 15 is 0 Å². The van der Waals surface area contributed by atoms with Gasteiger partial charge in [-0.15, -0.1) is 8.78 Å². The van der Waals surface area contributed by atoms with Gasteiger partial charge in [0.1, 0.15) is 11.6 Å². The maximum Gasteiger partial charge on any atom is 0.586 e. The fourth-order valence-corrected chi connectivity index (χ4v) is 3.16. The molecule has 1 aliphatic rings. The van der Waals surface area contributed by atoms with Crippen LogP contribution in [0.3, 0.4) is 0 Å². The average molecular weight is 431 g/mol. The molecule has 0 aliphatic carbocycles. The Morgan fingerprint density at radius 3 is 2.03 bits per heavy atom. The molecule has 0 spiro atoms. The minimum atomic E-state index is -3.68. The van der Waals surface area contributed by atoms with Gasteiger partial charge in [-0.2, -0.15) is 0 Å². The van der Waals surface area contributed by atoms with Crippen molar-refractivity contribution < 1.29 is 27.0 Å². The fourth-order valence-electron chi connectivity index (χ4n) is 3.16. The number of rotatable bonds is 4. The van der Waals surface area contributed by atoms with Crippen LogP contribution >= 0.6 is 0 Å². The standard InChI is InChI=1S/C22H15F4NO2.C2H6/c1-12-10-19-20(29-22(25,26)28-19)11-16(12)14-6-8-15(9-7-14)27-13(2)21-17(23)4-3-5-18(21)24;1-2/h3-11,27H,2H2,1H3;1-2H3. The molecule has 0 aromatic heterocycles. The van der Waals surface area contributed by atoms with Crippen LogP contribution in [0.2, 0.25) is 0 Å². The maximum atomic E-state index is 13.9. The summed E-state index contributed by atoms with van der Waals surface area (Å²) < 4.78 is 63.2. The first-order valence-electron chi connectivity index (χ1n) is 9.65. The van der Waals surface area contributed by atoms with E-state index < -0.39 is 17.9 Å². The van der Waals surface area contributed by atoms with Crippen LogP contribution in [0.25, 0.3) is 16.8 Å². The summed E-state index contributed by atoms with van der Waals surface area (Å²) in [5, 5.41) is 2.87. The lowest BCUT2D eigenvalue weighted by Crippen LogP contribution is -2.25. The van der Waals surface area contributed by atoms with Gasteiger partial charge in [-0.25, -0.2) is 8.78 Å². The van der Waals surface area contributed by atoms with Crippen LogP contribution in [-0.4, -0.2) is 6.29 Å². The third-order valence-corrected chi connectivity index (χ3v) is 4.50. The van der Waals surface area contributed by atoms with Gasteiger partial charge in [-0.3, -0.25) is 0 Å². The topological polar surface area (TPSA) is 30.5 Å². The highest BCUT2D eigenvalue weighted by molar-refractivity contribution is 5.78. The van der Waals surface area contributed by atoms with Gasteiger partial charge in [0.15, 0.2) is 11.5 Å². The van der Waals surface area contributed by atoms with Gasteiger partial charge in [0.05, 0.1) is 5.56 Å². The van der Waals surface area contributed by atoms with Gasteiger partial charge >= 0.3 is 6.29 Å². The first-order chi connectivity index (χ1) is 14.7. The monoisotopic (exact) mass is 431 g/mol. The van der Waals surface area contributed by atoms with E-state index in [1.54, 1.807) is 31.2 Å². The van der Waals surface area contributed by atoms with Crippen LogP contribution in [0.5, 0.6) is 11.5 Å². The Balaban J connectivity index is 0.00000132. The molecule has 3 aromatic carbocycles. The second-order valence-electron chi connectivity index (χ2n) is 6.56. The molecule has 1 N–H and O–H groups in total.